The molecule has 3 N–H and O–H groups in total. The van der Waals surface area contributed by atoms with Gasteiger partial charge in [0, 0.05) is 38.5 Å². The molecule has 5 nitrogen and oxygen atoms in total. The number of nitrogens with two attached hydrogens (primary N) is 1. The van der Waals surface area contributed by atoms with Crippen LogP contribution in [0.3, 0.4) is 0 Å². The van der Waals surface area contributed by atoms with Crippen LogP contribution in [0.5, 0.6) is 0 Å². The molecule has 0 aliphatic rings. The Balaban J connectivity index is 4.06. The van der Waals surface area contributed by atoms with E-state index in [-0.39, 0.29) is 30.7 Å². The number of carbonyl (C=O) groups is 2. The van der Waals surface area contributed by atoms with E-state index >= 15 is 0 Å². The van der Waals surface area contributed by atoms with Gasteiger partial charge in [0.15, 0.2) is 0 Å². The number of rotatable bonds is 9. The highest BCUT2D eigenvalue weighted by Crippen LogP contribution is 2.04. The zero-order valence-electron chi connectivity index (χ0n) is 12.7. The zero-order valence-corrected chi connectivity index (χ0v) is 12.7. The van der Waals surface area contributed by atoms with Gasteiger partial charge in [0.05, 0.1) is 0 Å². The van der Waals surface area contributed by atoms with E-state index in [1.165, 1.54) is 0 Å². The first-order chi connectivity index (χ1) is 8.94. The Hall–Kier alpha value is -1.10. The molecule has 0 bridgehead atoms. The monoisotopic (exact) mass is 271 g/mol. The third kappa shape index (κ3) is 7.82. The van der Waals surface area contributed by atoms with E-state index in [1.54, 1.807) is 4.90 Å². The molecule has 0 spiro atoms. The number of carbonyl (C=O) groups excluding carboxylic acids is 2. The van der Waals surface area contributed by atoms with Crippen molar-refractivity contribution in [2.45, 2.75) is 53.0 Å². The lowest BCUT2D eigenvalue weighted by Gasteiger charge is -2.20. The van der Waals surface area contributed by atoms with Crippen molar-refractivity contribution in [2.75, 3.05) is 19.6 Å². The third-order valence-electron chi connectivity index (χ3n) is 3.09. The standard InChI is InChI=1S/C14H29N3O2/c1-5-17(6-2)14(19)8-7-13(18)16-12(10-15)9-11(3)4/h11-12H,5-10,15H2,1-4H3,(H,16,18). The minimum absolute atomic E-state index is 0.0102. The van der Waals surface area contributed by atoms with Gasteiger partial charge in [-0.15, -0.1) is 0 Å². The first-order valence-electron chi connectivity index (χ1n) is 7.21. The molecule has 112 valence electrons. The van der Waals surface area contributed by atoms with Crippen molar-refractivity contribution < 1.29 is 9.59 Å². The number of hydrogen-bond acceptors (Lipinski definition) is 3. The van der Waals surface area contributed by atoms with Gasteiger partial charge < -0.3 is 16.0 Å². The zero-order chi connectivity index (χ0) is 14.8. The Bertz CT molecular complexity index is 276. The van der Waals surface area contributed by atoms with Gasteiger partial charge in [-0.3, -0.25) is 9.59 Å². The summed E-state index contributed by atoms with van der Waals surface area (Å²) in [6, 6.07) is 0.0102. The smallest absolute Gasteiger partial charge is 0.223 e. The number of hydrogen-bond donors (Lipinski definition) is 2. The number of nitrogens with one attached hydrogen (secondary N) is 1. The predicted molar refractivity (Wildman–Crippen MR) is 77.6 cm³/mol. The molecule has 1 unspecified atom stereocenters. The number of nitrogens with zero attached hydrogens (tertiary/aromatic N) is 1. The SMILES string of the molecule is CCN(CC)C(=O)CCC(=O)NC(CN)CC(C)C. The van der Waals surface area contributed by atoms with Gasteiger partial charge in [0.2, 0.25) is 11.8 Å². The van der Waals surface area contributed by atoms with Gasteiger partial charge in [0.25, 0.3) is 0 Å². The molecule has 0 saturated heterocycles. The minimum Gasteiger partial charge on any atom is -0.352 e. The molecule has 0 rings (SSSR count). The van der Waals surface area contributed by atoms with Crippen LogP contribution in [-0.2, 0) is 9.59 Å². The molecule has 2 amide bonds. The van der Waals surface area contributed by atoms with Gasteiger partial charge in [-0.25, -0.2) is 0 Å². The molecule has 0 aromatic carbocycles. The molecular weight excluding hydrogens is 242 g/mol. The average molecular weight is 271 g/mol. The first kappa shape index (κ1) is 17.9. The van der Waals surface area contributed by atoms with Crippen molar-refractivity contribution in [3.05, 3.63) is 0 Å². The summed E-state index contributed by atoms with van der Waals surface area (Å²) in [5.41, 5.74) is 5.63. The highest BCUT2D eigenvalue weighted by molar-refractivity contribution is 5.83. The summed E-state index contributed by atoms with van der Waals surface area (Å²) >= 11 is 0. The second kappa shape index (κ2) is 9.78. The van der Waals surface area contributed by atoms with Gasteiger partial charge >= 0.3 is 0 Å². The van der Waals surface area contributed by atoms with Crippen LogP contribution in [0.15, 0.2) is 0 Å². The quantitative estimate of drug-likeness (QED) is 0.660. The molecule has 0 saturated carbocycles. The average Bonchev–Trinajstić information content (AvgIpc) is 2.36. The van der Waals surface area contributed by atoms with Crippen LogP contribution in [0, 0.1) is 5.92 Å². The van der Waals surface area contributed by atoms with Crippen molar-refractivity contribution >= 4 is 11.8 Å². The molecule has 0 heterocycles. The van der Waals surface area contributed by atoms with E-state index in [1.807, 2.05) is 13.8 Å². The van der Waals surface area contributed by atoms with E-state index < -0.39 is 0 Å². The number of amides is 2. The fraction of sp³-hybridized carbons (Fsp3) is 0.857. The summed E-state index contributed by atoms with van der Waals surface area (Å²) in [6.07, 6.45) is 1.38. The lowest BCUT2D eigenvalue weighted by atomic mass is 10.0. The fourth-order valence-electron chi connectivity index (χ4n) is 2.04. The van der Waals surface area contributed by atoms with Gasteiger partial charge in [-0.05, 0) is 26.2 Å². The Morgan fingerprint density at radius 1 is 1.16 bits per heavy atom. The van der Waals surface area contributed by atoms with Crippen molar-refractivity contribution in [3.8, 4) is 0 Å². The summed E-state index contributed by atoms with van der Waals surface area (Å²) in [5, 5.41) is 2.89. The molecule has 19 heavy (non-hydrogen) atoms. The molecule has 0 radical (unpaired) electrons. The molecule has 0 aliphatic heterocycles. The van der Waals surface area contributed by atoms with Gasteiger partial charge in [-0.1, -0.05) is 13.8 Å². The predicted octanol–water partition coefficient (Wildman–Crippen LogP) is 1.12. The van der Waals surface area contributed by atoms with Crippen molar-refractivity contribution in [2.24, 2.45) is 11.7 Å². The summed E-state index contributed by atoms with van der Waals surface area (Å²) < 4.78 is 0. The van der Waals surface area contributed by atoms with Crippen LogP contribution in [-0.4, -0.2) is 42.4 Å². The second-order valence-corrected chi connectivity index (χ2v) is 5.20. The van der Waals surface area contributed by atoms with Crippen LogP contribution in [0.2, 0.25) is 0 Å². The normalized spacial score (nSPS) is 12.3. The Labute approximate surface area is 116 Å². The summed E-state index contributed by atoms with van der Waals surface area (Å²) in [5.74, 6) is 0.441. The Kier molecular flexibility index (Phi) is 9.21. The fourth-order valence-corrected chi connectivity index (χ4v) is 2.04. The Morgan fingerprint density at radius 2 is 1.74 bits per heavy atom. The third-order valence-corrected chi connectivity index (χ3v) is 3.09. The van der Waals surface area contributed by atoms with Crippen LogP contribution >= 0.6 is 0 Å². The van der Waals surface area contributed by atoms with E-state index in [9.17, 15) is 9.59 Å². The highest BCUT2D eigenvalue weighted by atomic mass is 16.2. The van der Waals surface area contributed by atoms with E-state index in [4.69, 9.17) is 5.73 Å². The van der Waals surface area contributed by atoms with E-state index in [0.717, 1.165) is 6.42 Å². The second-order valence-electron chi connectivity index (χ2n) is 5.20. The maximum atomic E-state index is 11.8. The molecule has 0 fully saturated rings. The van der Waals surface area contributed by atoms with Crippen molar-refractivity contribution in [3.63, 3.8) is 0 Å². The maximum Gasteiger partial charge on any atom is 0.223 e. The lowest BCUT2D eigenvalue weighted by Crippen LogP contribution is -2.41. The molecular formula is C14H29N3O2. The topological polar surface area (TPSA) is 75.4 Å². The van der Waals surface area contributed by atoms with Crippen LogP contribution in [0.1, 0.15) is 47.0 Å². The van der Waals surface area contributed by atoms with Crippen molar-refractivity contribution in [1.29, 1.82) is 0 Å². The van der Waals surface area contributed by atoms with Gasteiger partial charge in [0.1, 0.15) is 0 Å². The van der Waals surface area contributed by atoms with Crippen LogP contribution in [0.4, 0.5) is 0 Å². The lowest BCUT2D eigenvalue weighted by molar-refractivity contribution is -0.133. The Morgan fingerprint density at radius 3 is 2.16 bits per heavy atom. The van der Waals surface area contributed by atoms with Gasteiger partial charge in [-0.2, -0.15) is 0 Å². The van der Waals surface area contributed by atoms with E-state index in [0.29, 0.717) is 25.6 Å². The molecule has 5 heteroatoms. The van der Waals surface area contributed by atoms with Crippen molar-refractivity contribution in [1.82, 2.24) is 10.2 Å². The summed E-state index contributed by atoms with van der Waals surface area (Å²) in [6.45, 7) is 9.89. The summed E-state index contributed by atoms with van der Waals surface area (Å²) in [7, 11) is 0. The van der Waals surface area contributed by atoms with E-state index in [2.05, 4.69) is 19.2 Å². The van der Waals surface area contributed by atoms with Crippen LogP contribution < -0.4 is 11.1 Å². The molecule has 0 aromatic heterocycles. The summed E-state index contributed by atoms with van der Waals surface area (Å²) in [4.78, 5) is 25.3. The minimum atomic E-state index is -0.0865. The van der Waals surface area contributed by atoms with Crippen LogP contribution in [0.25, 0.3) is 0 Å². The first-order valence-corrected chi connectivity index (χ1v) is 7.21. The molecule has 0 aromatic rings. The molecule has 1 atom stereocenters. The largest absolute Gasteiger partial charge is 0.352 e. The maximum absolute atomic E-state index is 11.8. The highest BCUT2D eigenvalue weighted by Gasteiger charge is 2.15. The molecule has 0 aliphatic carbocycles.